The van der Waals surface area contributed by atoms with E-state index in [2.05, 4.69) is 29.6 Å². The van der Waals surface area contributed by atoms with Crippen LogP contribution in [0.2, 0.25) is 0 Å². The Kier molecular flexibility index (Phi) is 2.31. The Bertz CT molecular complexity index is 609. The number of hydrogen-bond donors (Lipinski definition) is 1. The molecule has 0 amide bonds. The van der Waals surface area contributed by atoms with Crippen molar-refractivity contribution in [3.63, 3.8) is 0 Å². The first kappa shape index (κ1) is 9.92. The summed E-state index contributed by atoms with van der Waals surface area (Å²) in [5, 5.41) is 12.3. The van der Waals surface area contributed by atoms with Crippen LogP contribution in [0.3, 0.4) is 0 Å². The monoisotopic (exact) mass is 220 g/mol. The Morgan fingerprint density at radius 1 is 1.06 bits per heavy atom. The molecule has 3 rings (SSSR count). The van der Waals surface area contributed by atoms with Crippen LogP contribution in [-0.4, -0.2) is 6.54 Å². The molecular weight excluding hydrogens is 208 g/mol. The second-order valence-corrected chi connectivity index (χ2v) is 4.24. The highest BCUT2D eigenvalue weighted by Crippen LogP contribution is 2.28. The average Bonchev–Trinajstić information content (AvgIpc) is 2.86. The summed E-state index contributed by atoms with van der Waals surface area (Å²) in [4.78, 5) is 0. The van der Waals surface area contributed by atoms with E-state index in [-0.39, 0.29) is 0 Å². The molecule has 0 unspecified atom stereocenters. The zero-order chi connectivity index (χ0) is 11.7. The van der Waals surface area contributed by atoms with Crippen molar-refractivity contribution in [3.8, 4) is 17.2 Å². The highest BCUT2D eigenvalue weighted by molar-refractivity contribution is 5.70. The van der Waals surface area contributed by atoms with E-state index in [0.29, 0.717) is 5.56 Å². The summed E-state index contributed by atoms with van der Waals surface area (Å²) in [6, 6.07) is 16.4. The number of rotatable bonds is 1. The quantitative estimate of drug-likeness (QED) is 0.801. The van der Waals surface area contributed by atoms with Crippen molar-refractivity contribution in [1.29, 1.82) is 5.26 Å². The van der Waals surface area contributed by atoms with Gasteiger partial charge in [0.2, 0.25) is 0 Å². The van der Waals surface area contributed by atoms with Crippen molar-refractivity contribution in [2.24, 2.45) is 0 Å². The molecular formula is C15H12N2. The minimum Gasteiger partial charge on any atom is -0.384 e. The van der Waals surface area contributed by atoms with E-state index in [0.717, 1.165) is 18.5 Å². The van der Waals surface area contributed by atoms with Crippen molar-refractivity contribution in [1.82, 2.24) is 0 Å². The minimum atomic E-state index is 0.709. The molecule has 2 nitrogen and oxygen atoms in total. The number of fused-ring (bicyclic) bond motifs is 1. The molecule has 0 radical (unpaired) electrons. The maximum atomic E-state index is 8.90. The molecule has 1 N–H and O–H groups in total. The predicted octanol–water partition coefficient (Wildman–Crippen LogP) is 3.19. The highest BCUT2D eigenvalue weighted by atomic mass is 14.9. The number of nitrogens with one attached hydrogen (secondary N) is 1. The van der Waals surface area contributed by atoms with Gasteiger partial charge in [0.05, 0.1) is 11.6 Å². The number of nitriles is 1. The van der Waals surface area contributed by atoms with Gasteiger partial charge in [-0.1, -0.05) is 18.2 Å². The van der Waals surface area contributed by atoms with E-state index in [1.807, 2.05) is 24.3 Å². The molecule has 82 valence electrons. The van der Waals surface area contributed by atoms with Gasteiger partial charge < -0.3 is 5.32 Å². The molecule has 1 heterocycles. The molecule has 0 fully saturated rings. The smallest absolute Gasteiger partial charge is 0.0991 e. The number of hydrogen-bond acceptors (Lipinski definition) is 2. The van der Waals surface area contributed by atoms with Crippen LogP contribution in [0, 0.1) is 11.3 Å². The standard InChI is InChI=1S/C15H12N2/c16-10-11-2-1-3-12(8-11)13-4-5-15-14(9-13)6-7-17-15/h1-5,8-9,17H,6-7H2. The van der Waals surface area contributed by atoms with Crippen molar-refractivity contribution in [2.75, 3.05) is 11.9 Å². The third-order valence-electron chi connectivity index (χ3n) is 3.14. The molecule has 0 aromatic heterocycles. The van der Waals surface area contributed by atoms with Gasteiger partial charge in [-0.05, 0) is 47.4 Å². The van der Waals surface area contributed by atoms with Gasteiger partial charge in [-0.15, -0.1) is 0 Å². The van der Waals surface area contributed by atoms with Crippen LogP contribution in [0.25, 0.3) is 11.1 Å². The third-order valence-corrected chi connectivity index (χ3v) is 3.14. The van der Waals surface area contributed by atoms with Gasteiger partial charge in [-0.2, -0.15) is 5.26 Å². The summed E-state index contributed by atoms with van der Waals surface area (Å²) >= 11 is 0. The normalized spacial score (nSPS) is 12.6. The van der Waals surface area contributed by atoms with E-state index in [4.69, 9.17) is 5.26 Å². The molecule has 0 aliphatic carbocycles. The lowest BCUT2D eigenvalue weighted by Gasteiger charge is -2.05. The lowest BCUT2D eigenvalue weighted by molar-refractivity contribution is 1.11. The van der Waals surface area contributed by atoms with Crippen molar-refractivity contribution in [2.45, 2.75) is 6.42 Å². The van der Waals surface area contributed by atoms with E-state index >= 15 is 0 Å². The summed E-state index contributed by atoms with van der Waals surface area (Å²) < 4.78 is 0. The lowest BCUT2D eigenvalue weighted by Crippen LogP contribution is -1.90. The minimum absolute atomic E-state index is 0.709. The van der Waals surface area contributed by atoms with E-state index in [1.54, 1.807) is 0 Å². The van der Waals surface area contributed by atoms with Crippen molar-refractivity contribution in [3.05, 3.63) is 53.6 Å². The Balaban J connectivity index is 2.07. The molecule has 0 spiro atoms. The Hall–Kier alpha value is -2.27. The topological polar surface area (TPSA) is 35.8 Å². The van der Waals surface area contributed by atoms with Gasteiger partial charge in [0.15, 0.2) is 0 Å². The summed E-state index contributed by atoms with van der Waals surface area (Å²) in [6.07, 6.45) is 1.08. The lowest BCUT2D eigenvalue weighted by atomic mass is 10.0. The van der Waals surface area contributed by atoms with E-state index < -0.39 is 0 Å². The number of nitrogens with zero attached hydrogens (tertiary/aromatic N) is 1. The van der Waals surface area contributed by atoms with Crippen LogP contribution >= 0.6 is 0 Å². The molecule has 0 atom stereocenters. The fourth-order valence-corrected chi connectivity index (χ4v) is 2.25. The summed E-state index contributed by atoms with van der Waals surface area (Å²) in [7, 11) is 0. The number of anilines is 1. The van der Waals surface area contributed by atoms with E-state index in [9.17, 15) is 0 Å². The zero-order valence-corrected chi connectivity index (χ0v) is 9.40. The van der Waals surface area contributed by atoms with Gasteiger partial charge in [0.1, 0.15) is 0 Å². The molecule has 2 heteroatoms. The van der Waals surface area contributed by atoms with Gasteiger partial charge in [-0.3, -0.25) is 0 Å². The molecule has 1 aliphatic heterocycles. The largest absolute Gasteiger partial charge is 0.384 e. The molecule has 1 aliphatic rings. The maximum absolute atomic E-state index is 8.90. The molecule has 17 heavy (non-hydrogen) atoms. The predicted molar refractivity (Wildman–Crippen MR) is 68.8 cm³/mol. The highest BCUT2D eigenvalue weighted by Gasteiger charge is 2.10. The van der Waals surface area contributed by atoms with Crippen molar-refractivity contribution >= 4 is 5.69 Å². The fraction of sp³-hybridized carbons (Fsp3) is 0.133. The van der Waals surface area contributed by atoms with Gasteiger partial charge in [0.25, 0.3) is 0 Å². The zero-order valence-electron chi connectivity index (χ0n) is 9.40. The maximum Gasteiger partial charge on any atom is 0.0991 e. The first-order chi connectivity index (χ1) is 8.36. The second-order valence-electron chi connectivity index (χ2n) is 4.24. The summed E-state index contributed by atoms with van der Waals surface area (Å²) in [5.41, 5.74) is 5.61. The fourth-order valence-electron chi connectivity index (χ4n) is 2.25. The molecule has 0 saturated heterocycles. The van der Waals surface area contributed by atoms with Crippen molar-refractivity contribution < 1.29 is 0 Å². The molecule has 0 bridgehead atoms. The summed E-state index contributed by atoms with van der Waals surface area (Å²) in [6.45, 7) is 1.02. The Labute approximate surface area is 101 Å². The van der Waals surface area contributed by atoms with Crippen LogP contribution in [0.5, 0.6) is 0 Å². The van der Waals surface area contributed by atoms with Gasteiger partial charge >= 0.3 is 0 Å². The van der Waals surface area contributed by atoms with Gasteiger partial charge in [-0.25, -0.2) is 0 Å². The first-order valence-corrected chi connectivity index (χ1v) is 5.74. The van der Waals surface area contributed by atoms with Crippen LogP contribution in [0.15, 0.2) is 42.5 Å². The molecule has 2 aromatic carbocycles. The number of benzene rings is 2. The Morgan fingerprint density at radius 3 is 2.82 bits per heavy atom. The molecule has 2 aromatic rings. The SMILES string of the molecule is N#Cc1cccc(-c2ccc3c(c2)CCN3)c1. The molecule has 0 saturated carbocycles. The van der Waals surface area contributed by atoms with Gasteiger partial charge in [0, 0.05) is 12.2 Å². The summed E-state index contributed by atoms with van der Waals surface area (Å²) in [5.74, 6) is 0. The van der Waals surface area contributed by atoms with Crippen LogP contribution in [0.4, 0.5) is 5.69 Å². The third kappa shape index (κ3) is 1.76. The Morgan fingerprint density at radius 2 is 1.94 bits per heavy atom. The van der Waals surface area contributed by atoms with Crippen LogP contribution in [0.1, 0.15) is 11.1 Å². The van der Waals surface area contributed by atoms with Crippen LogP contribution < -0.4 is 5.32 Å². The first-order valence-electron chi connectivity index (χ1n) is 5.74. The van der Waals surface area contributed by atoms with Crippen LogP contribution in [-0.2, 0) is 6.42 Å². The van der Waals surface area contributed by atoms with E-state index in [1.165, 1.54) is 16.8 Å². The second kappa shape index (κ2) is 3.95. The average molecular weight is 220 g/mol.